The molecule has 0 heterocycles. The highest BCUT2D eigenvalue weighted by Gasteiger charge is 2.00. The normalized spacial score (nSPS) is 10.2. The predicted molar refractivity (Wildman–Crippen MR) is 83.7 cm³/mol. The molecule has 2 aromatic rings. The Morgan fingerprint density at radius 3 is 2.74 bits per heavy atom. The fraction of sp³-hybridized carbons (Fsp3) is 0.250. The second kappa shape index (κ2) is 7.19. The van der Waals surface area contributed by atoms with E-state index in [2.05, 4.69) is 46.4 Å². The second-order valence-corrected chi connectivity index (χ2v) is 5.18. The number of hydrogen-bond donors (Lipinski definition) is 1. The predicted octanol–water partition coefficient (Wildman–Crippen LogP) is 4.85. The van der Waals surface area contributed by atoms with Crippen molar-refractivity contribution in [1.82, 2.24) is 0 Å². The van der Waals surface area contributed by atoms with Gasteiger partial charge in [0.05, 0.1) is 6.61 Å². The Balaban J connectivity index is 1.98. The standard InChI is InChI=1S/C16H18BrNO/c1-2-10-19-15-8-5-7-14(11-15)18-12-13-6-3-4-9-16(13)17/h3-9,11,18H,2,10,12H2,1H3. The molecule has 0 fully saturated rings. The van der Waals surface area contributed by atoms with Gasteiger partial charge in [0, 0.05) is 22.8 Å². The van der Waals surface area contributed by atoms with Crippen LogP contribution in [0.3, 0.4) is 0 Å². The summed E-state index contributed by atoms with van der Waals surface area (Å²) in [5, 5.41) is 3.41. The zero-order chi connectivity index (χ0) is 13.5. The molecule has 3 heteroatoms. The van der Waals surface area contributed by atoms with Crippen LogP contribution in [0.25, 0.3) is 0 Å². The Morgan fingerprint density at radius 1 is 1.11 bits per heavy atom. The van der Waals surface area contributed by atoms with Crippen LogP contribution in [0.2, 0.25) is 0 Å². The van der Waals surface area contributed by atoms with Crippen LogP contribution in [-0.4, -0.2) is 6.61 Å². The summed E-state index contributed by atoms with van der Waals surface area (Å²) in [6, 6.07) is 16.3. The molecule has 0 bridgehead atoms. The van der Waals surface area contributed by atoms with Crippen LogP contribution < -0.4 is 10.1 Å². The van der Waals surface area contributed by atoms with Gasteiger partial charge in [0.15, 0.2) is 0 Å². The molecule has 0 amide bonds. The number of hydrogen-bond acceptors (Lipinski definition) is 2. The molecule has 0 unspecified atom stereocenters. The molecule has 2 nitrogen and oxygen atoms in total. The average Bonchev–Trinajstić information content (AvgIpc) is 2.45. The van der Waals surface area contributed by atoms with Gasteiger partial charge in [-0.1, -0.05) is 47.1 Å². The van der Waals surface area contributed by atoms with Gasteiger partial charge in [-0.05, 0) is 30.2 Å². The van der Waals surface area contributed by atoms with E-state index in [-0.39, 0.29) is 0 Å². The molecular formula is C16H18BrNO. The van der Waals surface area contributed by atoms with Gasteiger partial charge in [-0.3, -0.25) is 0 Å². The molecule has 2 rings (SSSR count). The minimum atomic E-state index is 0.758. The number of nitrogens with one attached hydrogen (secondary N) is 1. The molecule has 0 saturated carbocycles. The fourth-order valence-electron chi connectivity index (χ4n) is 1.75. The Bertz CT molecular complexity index is 528. The zero-order valence-corrected chi connectivity index (χ0v) is 12.6. The summed E-state index contributed by atoms with van der Waals surface area (Å²) in [5.41, 5.74) is 2.31. The first-order valence-electron chi connectivity index (χ1n) is 6.49. The first kappa shape index (κ1) is 13.9. The van der Waals surface area contributed by atoms with Crippen LogP contribution in [0.15, 0.2) is 53.0 Å². The second-order valence-electron chi connectivity index (χ2n) is 4.32. The van der Waals surface area contributed by atoms with Crippen molar-refractivity contribution in [2.45, 2.75) is 19.9 Å². The summed E-state index contributed by atoms with van der Waals surface area (Å²) in [6.07, 6.45) is 1.02. The minimum Gasteiger partial charge on any atom is -0.494 e. The van der Waals surface area contributed by atoms with Crippen molar-refractivity contribution >= 4 is 21.6 Å². The van der Waals surface area contributed by atoms with Crippen molar-refractivity contribution in [2.75, 3.05) is 11.9 Å². The SMILES string of the molecule is CCCOc1cccc(NCc2ccccc2Br)c1. The van der Waals surface area contributed by atoms with E-state index in [0.29, 0.717) is 0 Å². The van der Waals surface area contributed by atoms with Gasteiger partial charge in [0.2, 0.25) is 0 Å². The van der Waals surface area contributed by atoms with E-state index >= 15 is 0 Å². The fourth-order valence-corrected chi connectivity index (χ4v) is 2.18. The Morgan fingerprint density at radius 2 is 1.95 bits per heavy atom. The van der Waals surface area contributed by atoms with Crippen molar-refractivity contribution in [3.8, 4) is 5.75 Å². The first-order chi connectivity index (χ1) is 9.29. The lowest BCUT2D eigenvalue weighted by Gasteiger charge is -2.10. The Labute approximate surface area is 122 Å². The van der Waals surface area contributed by atoms with Crippen LogP contribution >= 0.6 is 15.9 Å². The summed E-state index contributed by atoms with van der Waals surface area (Å²) in [6.45, 7) is 3.65. The van der Waals surface area contributed by atoms with Crippen molar-refractivity contribution in [1.29, 1.82) is 0 Å². The van der Waals surface area contributed by atoms with Gasteiger partial charge in [-0.25, -0.2) is 0 Å². The van der Waals surface area contributed by atoms with E-state index in [1.807, 2.05) is 30.3 Å². The van der Waals surface area contributed by atoms with Crippen LogP contribution in [0.5, 0.6) is 5.75 Å². The zero-order valence-electron chi connectivity index (χ0n) is 11.0. The molecule has 0 aliphatic heterocycles. The Kier molecular flexibility index (Phi) is 5.28. The van der Waals surface area contributed by atoms with Crippen molar-refractivity contribution in [2.24, 2.45) is 0 Å². The van der Waals surface area contributed by atoms with Gasteiger partial charge in [0.1, 0.15) is 5.75 Å². The highest BCUT2D eigenvalue weighted by atomic mass is 79.9. The molecule has 0 aliphatic rings. The third-order valence-corrected chi connectivity index (χ3v) is 3.52. The summed E-state index contributed by atoms with van der Waals surface area (Å²) >= 11 is 3.55. The van der Waals surface area contributed by atoms with E-state index in [9.17, 15) is 0 Å². The van der Waals surface area contributed by atoms with E-state index in [1.54, 1.807) is 0 Å². The van der Waals surface area contributed by atoms with Gasteiger partial charge >= 0.3 is 0 Å². The number of anilines is 1. The van der Waals surface area contributed by atoms with Gasteiger partial charge in [0.25, 0.3) is 0 Å². The van der Waals surface area contributed by atoms with Crippen LogP contribution in [0.4, 0.5) is 5.69 Å². The molecular weight excluding hydrogens is 302 g/mol. The maximum absolute atomic E-state index is 5.62. The van der Waals surface area contributed by atoms with Crippen LogP contribution in [0.1, 0.15) is 18.9 Å². The summed E-state index contributed by atoms with van der Waals surface area (Å²) < 4.78 is 6.75. The lowest BCUT2D eigenvalue weighted by atomic mass is 10.2. The maximum Gasteiger partial charge on any atom is 0.121 e. The Hall–Kier alpha value is -1.48. The molecule has 100 valence electrons. The summed E-state index contributed by atoms with van der Waals surface area (Å²) in [4.78, 5) is 0. The third kappa shape index (κ3) is 4.28. The molecule has 0 aliphatic carbocycles. The molecule has 1 N–H and O–H groups in total. The van der Waals surface area contributed by atoms with E-state index in [0.717, 1.165) is 35.5 Å². The van der Waals surface area contributed by atoms with E-state index in [1.165, 1.54) is 5.56 Å². The lowest BCUT2D eigenvalue weighted by molar-refractivity contribution is 0.317. The van der Waals surface area contributed by atoms with Gasteiger partial charge in [-0.15, -0.1) is 0 Å². The molecule has 0 radical (unpaired) electrons. The number of ether oxygens (including phenoxy) is 1. The minimum absolute atomic E-state index is 0.758. The molecule has 2 aromatic carbocycles. The maximum atomic E-state index is 5.62. The van der Waals surface area contributed by atoms with Crippen LogP contribution in [0, 0.1) is 0 Å². The van der Waals surface area contributed by atoms with E-state index in [4.69, 9.17) is 4.74 Å². The van der Waals surface area contributed by atoms with Crippen molar-refractivity contribution in [3.05, 3.63) is 58.6 Å². The summed E-state index contributed by atoms with van der Waals surface area (Å²) in [5.74, 6) is 0.916. The highest BCUT2D eigenvalue weighted by Crippen LogP contribution is 2.20. The lowest BCUT2D eigenvalue weighted by Crippen LogP contribution is -2.01. The number of halogens is 1. The van der Waals surface area contributed by atoms with Gasteiger partial charge < -0.3 is 10.1 Å². The highest BCUT2D eigenvalue weighted by molar-refractivity contribution is 9.10. The monoisotopic (exact) mass is 319 g/mol. The van der Waals surface area contributed by atoms with Crippen LogP contribution in [-0.2, 0) is 6.54 Å². The molecule has 0 atom stereocenters. The van der Waals surface area contributed by atoms with Crippen molar-refractivity contribution < 1.29 is 4.74 Å². The average molecular weight is 320 g/mol. The number of rotatable bonds is 6. The smallest absolute Gasteiger partial charge is 0.121 e. The molecule has 19 heavy (non-hydrogen) atoms. The topological polar surface area (TPSA) is 21.3 Å². The molecule has 0 saturated heterocycles. The summed E-state index contributed by atoms with van der Waals surface area (Å²) in [7, 11) is 0. The largest absolute Gasteiger partial charge is 0.494 e. The quantitative estimate of drug-likeness (QED) is 0.821. The third-order valence-electron chi connectivity index (χ3n) is 2.75. The van der Waals surface area contributed by atoms with Crippen molar-refractivity contribution in [3.63, 3.8) is 0 Å². The number of benzene rings is 2. The molecule has 0 aromatic heterocycles. The first-order valence-corrected chi connectivity index (χ1v) is 7.29. The van der Waals surface area contributed by atoms with Gasteiger partial charge in [-0.2, -0.15) is 0 Å². The molecule has 0 spiro atoms. The van der Waals surface area contributed by atoms with E-state index < -0.39 is 0 Å².